The summed E-state index contributed by atoms with van der Waals surface area (Å²) in [6.07, 6.45) is 1.69. The van der Waals surface area contributed by atoms with E-state index in [4.69, 9.17) is 10.8 Å². The van der Waals surface area contributed by atoms with Crippen LogP contribution in [0, 0.1) is 12.7 Å². The van der Waals surface area contributed by atoms with Gasteiger partial charge in [-0.2, -0.15) is 0 Å². The van der Waals surface area contributed by atoms with Gasteiger partial charge in [-0.1, -0.05) is 6.07 Å². The first-order chi connectivity index (χ1) is 9.49. The molecular weight excluding hydrogens is 261 g/mol. The number of aryl methyl sites for hydroxylation is 1. The Bertz CT molecular complexity index is 642. The number of carboxylic acid groups (broad SMARTS) is 1. The van der Waals surface area contributed by atoms with E-state index in [-0.39, 0.29) is 16.9 Å². The van der Waals surface area contributed by atoms with E-state index in [1.165, 1.54) is 6.07 Å². The van der Waals surface area contributed by atoms with Crippen molar-refractivity contribution in [3.63, 3.8) is 0 Å². The third-order valence-corrected chi connectivity index (χ3v) is 2.86. The average molecular weight is 275 g/mol. The van der Waals surface area contributed by atoms with Crippen LogP contribution < -0.4 is 11.1 Å². The van der Waals surface area contributed by atoms with Gasteiger partial charge in [-0.25, -0.2) is 9.18 Å². The van der Waals surface area contributed by atoms with E-state index >= 15 is 0 Å². The number of aromatic carboxylic acids is 1. The fourth-order valence-corrected chi connectivity index (χ4v) is 1.77. The van der Waals surface area contributed by atoms with Crippen molar-refractivity contribution in [1.29, 1.82) is 0 Å². The number of hydrogen-bond acceptors (Lipinski definition) is 4. The van der Waals surface area contributed by atoms with Gasteiger partial charge in [0.15, 0.2) is 0 Å². The second kappa shape index (κ2) is 5.56. The molecule has 2 aromatic rings. The predicted octanol–water partition coefficient (Wildman–Crippen LogP) is 2.42. The molecule has 5 nitrogen and oxygen atoms in total. The summed E-state index contributed by atoms with van der Waals surface area (Å²) >= 11 is 0. The van der Waals surface area contributed by atoms with Crippen LogP contribution in [0.2, 0.25) is 0 Å². The highest BCUT2D eigenvalue weighted by molar-refractivity contribution is 6.00. The van der Waals surface area contributed by atoms with Gasteiger partial charge in [0.05, 0.1) is 11.4 Å². The molecule has 2 rings (SSSR count). The minimum atomic E-state index is -1.27. The number of aromatic nitrogens is 1. The molecule has 0 spiro atoms. The maximum absolute atomic E-state index is 13.3. The van der Waals surface area contributed by atoms with Crippen molar-refractivity contribution < 1.29 is 14.3 Å². The van der Waals surface area contributed by atoms with Crippen molar-refractivity contribution in [3.05, 3.63) is 53.1 Å². The first-order valence-corrected chi connectivity index (χ1v) is 5.95. The molecule has 20 heavy (non-hydrogen) atoms. The monoisotopic (exact) mass is 275 g/mol. The van der Waals surface area contributed by atoms with Crippen molar-refractivity contribution in [3.8, 4) is 0 Å². The Hall–Kier alpha value is -2.63. The van der Waals surface area contributed by atoms with Crippen LogP contribution in [0.3, 0.4) is 0 Å². The summed E-state index contributed by atoms with van der Waals surface area (Å²) in [6.45, 7) is 2.25. The fraction of sp³-hybridized carbons (Fsp3) is 0.143. The number of carboxylic acids is 1. The zero-order valence-electron chi connectivity index (χ0n) is 10.9. The molecule has 6 heteroatoms. The summed E-state index contributed by atoms with van der Waals surface area (Å²) in [4.78, 5) is 15.3. The zero-order valence-corrected chi connectivity index (χ0v) is 10.9. The molecule has 0 saturated heterocycles. The number of hydrogen-bond donors (Lipinski definition) is 3. The van der Waals surface area contributed by atoms with Gasteiger partial charge in [0.2, 0.25) is 0 Å². The molecule has 0 fully saturated rings. The van der Waals surface area contributed by atoms with Gasteiger partial charge >= 0.3 is 5.97 Å². The van der Waals surface area contributed by atoms with E-state index in [1.54, 1.807) is 6.20 Å². The van der Waals surface area contributed by atoms with Gasteiger partial charge in [-0.05, 0) is 30.7 Å². The number of nitrogens with zero attached hydrogens (tertiary/aromatic N) is 1. The molecule has 0 atom stereocenters. The Balaban J connectivity index is 2.23. The summed E-state index contributed by atoms with van der Waals surface area (Å²) in [7, 11) is 0. The van der Waals surface area contributed by atoms with E-state index in [0.717, 1.165) is 17.3 Å². The molecule has 0 unspecified atom stereocenters. The number of nitrogens with two attached hydrogens (primary N) is 1. The Morgan fingerprint density at radius 3 is 2.75 bits per heavy atom. The first-order valence-electron chi connectivity index (χ1n) is 5.95. The topological polar surface area (TPSA) is 88.2 Å². The molecule has 0 aliphatic carbocycles. The highest BCUT2D eigenvalue weighted by atomic mass is 19.1. The highest BCUT2D eigenvalue weighted by Gasteiger charge is 2.17. The van der Waals surface area contributed by atoms with Crippen molar-refractivity contribution in [2.75, 3.05) is 11.1 Å². The first kappa shape index (κ1) is 13.8. The van der Waals surface area contributed by atoms with Gasteiger partial charge in [-0.15, -0.1) is 0 Å². The lowest BCUT2D eigenvalue weighted by molar-refractivity contribution is 0.0698. The van der Waals surface area contributed by atoms with E-state index in [9.17, 15) is 9.18 Å². The van der Waals surface area contributed by atoms with Gasteiger partial charge in [0, 0.05) is 18.4 Å². The smallest absolute Gasteiger partial charge is 0.340 e. The molecule has 0 radical (unpaired) electrons. The van der Waals surface area contributed by atoms with Crippen LogP contribution in [0.5, 0.6) is 0 Å². The maximum atomic E-state index is 13.3. The molecule has 0 saturated carbocycles. The maximum Gasteiger partial charge on any atom is 0.340 e. The number of carbonyl (C=O) groups is 1. The second-order valence-corrected chi connectivity index (χ2v) is 4.35. The van der Waals surface area contributed by atoms with Crippen molar-refractivity contribution in [2.24, 2.45) is 0 Å². The number of nitrogen functional groups attached to an aromatic ring is 1. The van der Waals surface area contributed by atoms with Crippen molar-refractivity contribution in [2.45, 2.75) is 13.5 Å². The average Bonchev–Trinajstić information content (AvgIpc) is 2.41. The fourth-order valence-electron chi connectivity index (χ4n) is 1.77. The van der Waals surface area contributed by atoms with E-state index < -0.39 is 11.8 Å². The molecule has 0 amide bonds. The number of pyridine rings is 1. The number of anilines is 2. The number of nitrogens with one attached hydrogen (secondary N) is 1. The van der Waals surface area contributed by atoms with Crippen LogP contribution in [0.25, 0.3) is 0 Å². The van der Waals surface area contributed by atoms with Crippen LogP contribution in [-0.2, 0) is 6.54 Å². The van der Waals surface area contributed by atoms with Gasteiger partial charge in [-0.3, -0.25) is 4.98 Å². The van der Waals surface area contributed by atoms with Gasteiger partial charge < -0.3 is 16.2 Å². The Morgan fingerprint density at radius 1 is 1.40 bits per heavy atom. The van der Waals surface area contributed by atoms with Crippen LogP contribution in [0.1, 0.15) is 21.6 Å². The molecule has 0 aliphatic rings. The molecule has 4 N–H and O–H groups in total. The molecule has 1 aromatic heterocycles. The normalized spacial score (nSPS) is 10.3. The largest absolute Gasteiger partial charge is 0.478 e. The molecule has 104 valence electrons. The van der Waals surface area contributed by atoms with E-state index in [0.29, 0.717) is 6.54 Å². The summed E-state index contributed by atoms with van der Waals surface area (Å²) in [5, 5.41) is 12.0. The third-order valence-electron chi connectivity index (χ3n) is 2.86. The molecule has 0 aliphatic heterocycles. The molecular formula is C14H14FN3O2. The summed E-state index contributed by atoms with van der Waals surface area (Å²) in [6, 6.07) is 6.23. The lowest BCUT2D eigenvalue weighted by Gasteiger charge is -2.12. The SMILES string of the molecule is Cc1ccc(CNc2ccc(F)c(N)c2C(=O)O)cn1. The molecule has 1 heterocycles. The molecule has 0 bridgehead atoms. The lowest BCUT2D eigenvalue weighted by atomic mass is 10.1. The predicted molar refractivity (Wildman–Crippen MR) is 74.1 cm³/mol. The quantitative estimate of drug-likeness (QED) is 0.746. The summed E-state index contributed by atoms with van der Waals surface area (Å²) < 4.78 is 13.3. The van der Waals surface area contributed by atoms with Gasteiger partial charge in [0.1, 0.15) is 11.4 Å². The van der Waals surface area contributed by atoms with Gasteiger partial charge in [0.25, 0.3) is 0 Å². The number of halogens is 1. The summed E-state index contributed by atoms with van der Waals surface area (Å²) in [5.41, 5.74) is 6.89. The Morgan fingerprint density at radius 2 is 2.15 bits per heavy atom. The van der Waals surface area contributed by atoms with Crippen molar-refractivity contribution in [1.82, 2.24) is 4.98 Å². The molecule has 1 aromatic carbocycles. The van der Waals surface area contributed by atoms with E-state index in [1.807, 2.05) is 19.1 Å². The Kier molecular flexibility index (Phi) is 3.84. The van der Waals surface area contributed by atoms with Crippen molar-refractivity contribution >= 4 is 17.3 Å². The van der Waals surface area contributed by atoms with E-state index in [2.05, 4.69) is 10.3 Å². The van der Waals surface area contributed by atoms with Crippen LogP contribution >= 0.6 is 0 Å². The zero-order chi connectivity index (χ0) is 14.7. The summed E-state index contributed by atoms with van der Waals surface area (Å²) in [5.74, 6) is -2.02. The van der Waals surface area contributed by atoms with Crippen LogP contribution in [0.15, 0.2) is 30.5 Å². The Labute approximate surface area is 115 Å². The lowest BCUT2D eigenvalue weighted by Crippen LogP contribution is -2.11. The van der Waals surface area contributed by atoms with Crippen LogP contribution in [0.4, 0.5) is 15.8 Å². The highest BCUT2D eigenvalue weighted by Crippen LogP contribution is 2.25. The third kappa shape index (κ3) is 2.85. The number of rotatable bonds is 4. The second-order valence-electron chi connectivity index (χ2n) is 4.35. The number of benzene rings is 1. The van der Waals surface area contributed by atoms with Crippen LogP contribution in [-0.4, -0.2) is 16.1 Å². The minimum Gasteiger partial charge on any atom is -0.478 e. The minimum absolute atomic E-state index is 0.259. The standard InChI is InChI=1S/C14H14FN3O2/c1-8-2-3-9(6-17-8)7-18-11-5-4-10(15)13(16)12(11)14(19)20/h2-6,18H,7,16H2,1H3,(H,19,20).